The molecule has 196 valence electrons. The second-order valence-corrected chi connectivity index (χ2v) is 9.43. The van der Waals surface area contributed by atoms with Crippen molar-refractivity contribution in [2.45, 2.75) is 0 Å². The maximum absolute atomic E-state index is 5.35. The number of benzene rings is 4. The van der Waals surface area contributed by atoms with Gasteiger partial charge in [-0.3, -0.25) is 0 Å². The van der Waals surface area contributed by atoms with E-state index in [0.29, 0.717) is 0 Å². The third-order valence-corrected chi connectivity index (χ3v) is 6.73. The van der Waals surface area contributed by atoms with E-state index in [1.54, 1.807) is 12.5 Å². The molecule has 0 N–H and O–H groups in total. The van der Waals surface area contributed by atoms with Crippen LogP contribution < -0.4 is 0 Å². The van der Waals surface area contributed by atoms with Gasteiger partial charge >= 0.3 is 26.2 Å². The Labute approximate surface area is 259 Å². The standard InChI is InChI=1S/2C13H9O.C12H10.Zr/c2*1-2-5-11-9-12(8-10(11)4-1)13-6-3-7-14-13;1-3-7-11(8-4-1)12-9-5-2-6-10-12;/h2*1-9H;1-10H;/q2*-1;;+2. The third kappa shape index (κ3) is 7.01. The smallest absolute Gasteiger partial charge is 0.499 e. The van der Waals surface area contributed by atoms with Crippen molar-refractivity contribution in [3.05, 3.63) is 170 Å². The van der Waals surface area contributed by atoms with Crippen LogP contribution >= 0.6 is 0 Å². The molecule has 0 saturated carbocycles. The normalized spacial score (nSPS) is 10.2. The maximum Gasteiger partial charge on any atom is 2.00 e. The van der Waals surface area contributed by atoms with Crippen LogP contribution in [-0.4, -0.2) is 0 Å². The summed E-state index contributed by atoms with van der Waals surface area (Å²) in [7, 11) is 0. The fraction of sp³-hybridized carbons (Fsp3) is 0. The Balaban J connectivity index is 0.000000123. The molecule has 0 aliphatic rings. The van der Waals surface area contributed by atoms with E-state index in [9.17, 15) is 0 Å². The van der Waals surface area contributed by atoms with Crippen LogP contribution in [0.1, 0.15) is 0 Å². The van der Waals surface area contributed by atoms with Crippen molar-refractivity contribution < 1.29 is 35.0 Å². The number of hydrogen-bond acceptors (Lipinski definition) is 2. The molecule has 8 rings (SSSR count). The van der Waals surface area contributed by atoms with E-state index in [-0.39, 0.29) is 26.2 Å². The van der Waals surface area contributed by atoms with Gasteiger partial charge in [-0.1, -0.05) is 120 Å². The average molecular weight is 608 g/mol. The van der Waals surface area contributed by atoms with Gasteiger partial charge in [-0.25, -0.2) is 0 Å². The van der Waals surface area contributed by atoms with Crippen LogP contribution in [0.3, 0.4) is 0 Å². The largest absolute Gasteiger partial charge is 2.00 e. The van der Waals surface area contributed by atoms with Crippen molar-refractivity contribution in [3.8, 4) is 33.8 Å². The van der Waals surface area contributed by atoms with E-state index < -0.39 is 0 Å². The minimum absolute atomic E-state index is 0. The molecule has 0 fully saturated rings. The van der Waals surface area contributed by atoms with E-state index in [0.717, 1.165) is 22.6 Å². The topological polar surface area (TPSA) is 26.3 Å². The van der Waals surface area contributed by atoms with Gasteiger partial charge in [0.1, 0.15) is 0 Å². The summed E-state index contributed by atoms with van der Waals surface area (Å²) in [6.45, 7) is 0. The average Bonchev–Trinajstić information content (AvgIpc) is 3.84. The van der Waals surface area contributed by atoms with E-state index in [4.69, 9.17) is 8.83 Å². The molecule has 6 aromatic carbocycles. The Morgan fingerprint density at radius 3 is 1.15 bits per heavy atom. The first kappa shape index (κ1) is 28.1. The maximum atomic E-state index is 5.35. The van der Waals surface area contributed by atoms with E-state index in [2.05, 4.69) is 97.1 Å². The summed E-state index contributed by atoms with van der Waals surface area (Å²) in [5, 5.41) is 5.05. The summed E-state index contributed by atoms with van der Waals surface area (Å²) in [4.78, 5) is 0. The molecule has 0 bridgehead atoms. The fourth-order valence-electron chi connectivity index (χ4n) is 4.73. The molecule has 2 heterocycles. The van der Waals surface area contributed by atoms with Crippen LogP contribution in [0.2, 0.25) is 0 Å². The van der Waals surface area contributed by atoms with Crippen molar-refractivity contribution in [1.82, 2.24) is 0 Å². The molecule has 3 heteroatoms. The van der Waals surface area contributed by atoms with Crippen LogP contribution in [0.5, 0.6) is 0 Å². The molecule has 0 spiro atoms. The Kier molecular flexibility index (Phi) is 9.42. The summed E-state index contributed by atoms with van der Waals surface area (Å²) in [6.07, 6.45) is 3.40. The molecular formula is C38H28O2Zr. The Bertz CT molecular complexity index is 1670. The zero-order valence-corrected chi connectivity index (χ0v) is 24.9. The van der Waals surface area contributed by atoms with E-state index >= 15 is 0 Å². The third-order valence-electron chi connectivity index (χ3n) is 6.73. The molecule has 8 aromatic rings. The van der Waals surface area contributed by atoms with Crippen LogP contribution in [0.4, 0.5) is 0 Å². The molecular weight excluding hydrogens is 580 g/mol. The monoisotopic (exact) mass is 606 g/mol. The molecule has 0 aliphatic heterocycles. The van der Waals surface area contributed by atoms with Gasteiger partial charge in [0.05, 0.1) is 24.0 Å². The van der Waals surface area contributed by atoms with Gasteiger partial charge in [0.2, 0.25) is 0 Å². The molecule has 0 amide bonds. The molecule has 2 nitrogen and oxygen atoms in total. The molecule has 0 atom stereocenters. The first-order chi connectivity index (χ1) is 19.8. The predicted octanol–water partition coefficient (Wildman–Crippen LogP) is 11.0. The van der Waals surface area contributed by atoms with Gasteiger partial charge in [0.25, 0.3) is 0 Å². The quantitative estimate of drug-likeness (QED) is 0.187. The predicted molar refractivity (Wildman–Crippen MR) is 166 cm³/mol. The molecule has 0 radical (unpaired) electrons. The molecule has 0 saturated heterocycles. The van der Waals surface area contributed by atoms with Crippen molar-refractivity contribution in [1.29, 1.82) is 0 Å². The zero-order valence-electron chi connectivity index (χ0n) is 22.5. The summed E-state index contributed by atoms with van der Waals surface area (Å²) in [6, 6.07) is 53.8. The SMILES string of the molecule is [Zr+2].c1ccc(-c2ccccc2)cc1.c1coc(-c2cc3ccccc3[cH-]2)c1.c1coc(-c2cc3ccccc3[cH-]2)c1. The molecule has 41 heavy (non-hydrogen) atoms. The fourth-order valence-corrected chi connectivity index (χ4v) is 4.73. The second kappa shape index (κ2) is 13.7. The van der Waals surface area contributed by atoms with Crippen LogP contribution in [0.25, 0.3) is 55.3 Å². The van der Waals surface area contributed by atoms with Crippen LogP contribution in [-0.2, 0) is 26.2 Å². The van der Waals surface area contributed by atoms with E-state index in [1.165, 1.54) is 32.7 Å². The molecule has 0 unspecified atom stereocenters. The molecule has 0 aliphatic carbocycles. The summed E-state index contributed by atoms with van der Waals surface area (Å²) in [5.41, 5.74) is 4.85. The van der Waals surface area contributed by atoms with Crippen LogP contribution in [0, 0.1) is 0 Å². The van der Waals surface area contributed by atoms with Gasteiger partial charge in [0.15, 0.2) is 0 Å². The number of rotatable bonds is 3. The second-order valence-electron chi connectivity index (χ2n) is 9.43. The van der Waals surface area contributed by atoms with Gasteiger partial charge < -0.3 is 8.83 Å². The van der Waals surface area contributed by atoms with Crippen molar-refractivity contribution in [2.75, 3.05) is 0 Å². The van der Waals surface area contributed by atoms with Crippen molar-refractivity contribution in [2.24, 2.45) is 0 Å². The summed E-state index contributed by atoms with van der Waals surface area (Å²) >= 11 is 0. The van der Waals surface area contributed by atoms with Gasteiger partial charge in [-0.15, -0.1) is 57.9 Å². The van der Waals surface area contributed by atoms with Gasteiger partial charge in [-0.05, 0) is 23.3 Å². The summed E-state index contributed by atoms with van der Waals surface area (Å²) < 4.78 is 10.7. The zero-order chi connectivity index (χ0) is 27.0. The Morgan fingerprint density at radius 1 is 0.390 bits per heavy atom. The Morgan fingerprint density at radius 2 is 0.780 bits per heavy atom. The summed E-state index contributed by atoms with van der Waals surface area (Å²) in [5.74, 6) is 1.86. The number of hydrogen-bond donors (Lipinski definition) is 0. The van der Waals surface area contributed by atoms with Crippen molar-refractivity contribution in [3.63, 3.8) is 0 Å². The minimum Gasteiger partial charge on any atom is -0.499 e. The first-order valence-corrected chi connectivity index (χ1v) is 13.3. The minimum atomic E-state index is 0. The Hall–Kier alpha value is -4.46. The first-order valence-electron chi connectivity index (χ1n) is 13.3. The number of fused-ring (bicyclic) bond motifs is 2. The van der Waals surface area contributed by atoms with E-state index in [1.807, 2.05) is 60.7 Å². The van der Waals surface area contributed by atoms with Gasteiger partial charge in [-0.2, -0.15) is 0 Å². The molecule has 2 aromatic heterocycles. The van der Waals surface area contributed by atoms with Crippen molar-refractivity contribution >= 4 is 21.5 Å². The van der Waals surface area contributed by atoms with Gasteiger partial charge in [0, 0.05) is 0 Å². The van der Waals surface area contributed by atoms with Crippen LogP contribution in [0.15, 0.2) is 179 Å². The number of furan rings is 2.